The van der Waals surface area contributed by atoms with E-state index in [2.05, 4.69) is 22.9 Å². The van der Waals surface area contributed by atoms with Crippen LogP contribution >= 0.6 is 0 Å². The summed E-state index contributed by atoms with van der Waals surface area (Å²) >= 11 is 0. The fraction of sp³-hybridized carbons (Fsp3) is 0.556. The minimum absolute atomic E-state index is 0.454. The highest BCUT2D eigenvalue weighted by atomic mass is 16.5. The normalized spacial score (nSPS) is 12.3. The lowest BCUT2D eigenvalue weighted by atomic mass is 9.82. The van der Waals surface area contributed by atoms with Gasteiger partial charge in [0.1, 0.15) is 0 Å². The zero-order valence-electron chi connectivity index (χ0n) is 15.4. The molecule has 23 heavy (non-hydrogen) atoms. The Morgan fingerprint density at radius 3 is 2.52 bits per heavy atom. The zero-order valence-corrected chi connectivity index (χ0v) is 15.4. The summed E-state index contributed by atoms with van der Waals surface area (Å²) in [6.07, 6.45) is 0. The molecule has 128 valence electrons. The van der Waals surface area contributed by atoms with Gasteiger partial charge in [0, 0.05) is 18.8 Å². The van der Waals surface area contributed by atoms with Gasteiger partial charge in [0.25, 0.3) is 0 Å². The second kappa shape index (κ2) is 8.00. The molecule has 0 spiro atoms. The standard InChI is InChI=1S/C18H31BN2O2/c1-14(20-11-12-21(6)7)15-9-8-10-16(13-15)19-23-18(4,5)17(2,3)22/h8-10,13,19-20,22H,1,11-12H2,2-7H3. The summed E-state index contributed by atoms with van der Waals surface area (Å²) < 4.78 is 5.92. The van der Waals surface area contributed by atoms with Gasteiger partial charge in [-0.3, -0.25) is 0 Å². The highest BCUT2D eigenvalue weighted by Gasteiger charge is 2.35. The maximum atomic E-state index is 10.2. The lowest BCUT2D eigenvalue weighted by Gasteiger charge is -2.37. The van der Waals surface area contributed by atoms with Crippen molar-refractivity contribution < 1.29 is 9.76 Å². The average Bonchev–Trinajstić information content (AvgIpc) is 2.44. The summed E-state index contributed by atoms with van der Waals surface area (Å²) in [6.45, 7) is 13.3. The maximum Gasteiger partial charge on any atom is 0.309 e. The van der Waals surface area contributed by atoms with Gasteiger partial charge in [-0.05, 0) is 47.4 Å². The molecule has 1 aromatic carbocycles. The molecule has 4 nitrogen and oxygen atoms in total. The molecule has 0 unspecified atom stereocenters. The molecular formula is C18H31BN2O2. The van der Waals surface area contributed by atoms with Crippen molar-refractivity contribution in [3.05, 3.63) is 36.4 Å². The van der Waals surface area contributed by atoms with Crippen molar-refractivity contribution in [3.8, 4) is 0 Å². The Labute approximate surface area is 141 Å². The third-order valence-electron chi connectivity index (χ3n) is 4.25. The molecule has 2 N–H and O–H groups in total. The van der Waals surface area contributed by atoms with E-state index in [0.29, 0.717) is 7.48 Å². The maximum absolute atomic E-state index is 10.2. The summed E-state index contributed by atoms with van der Waals surface area (Å²) in [6, 6.07) is 8.14. The van der Waals surface area contributed by atoms with Gasteiger partial charge in [0.2, 0.25) is 0 Å². The predicted molar refractivity (Wildman–Crippen MR) is 100 cm³/mol. The second-order valence-electron chi connectivity index (χ2n) is 7.27. The Hall–Kier alpha value is -1.30. The number of rotatable bonds is 9. The van der Waals surface area contributed by atoms with Crippen LogP contribution in [0.5, 0.6) is 0 Å². The first kappa shape index (κ1) is 19.8. The van der Waals surface area contributed by atoms with Gasteiger partial charge < -0.3 is 20.0 Å². The van der Waals surface area contributed by atoms with E-state index in [4.69, 9.17) is 4.65 Å². The molecule has 0 amide bonds. The Balaban J connectivity index is 2.65. The van der Waals surface area contributed by atoms with E-state index in [9.17, 15) is 5.11 Å². The number of likely N-dealkylation sites (N-methyl/N-ethyl adjacent to an activating group) is 1. The van der Waals surface area contributed by atoms with Crippen molar-refractivity contribution in [1.29, 1.82) is 0 Å². The molecule has 0 aromatic heterocycles. The van der Waals surface area contributed by atoms with Crippen molar-refractivity contribution in [2.24, 2.45) is 0 Å². The van der Waals surface area contributed by atoms with Crippen molar-refractivity contribution in [3.63, 3.8) is 0 Å². The van der Waals surface area contributed by atoms with Crippen molar-refractivity contribution in [2.75, 3.05) is 27.2 Å². The minimum atomic E-state index is -0.901. The van der Waals surface area contributed by atoms with E-state index >= 15 is 0 Å². The third kappa shape index (κ3) is 6.38. The first-order chi connectivity index (χ1) is 10.5. The van der Waals surface area contributed by atoms with Gasteiger partial charge in [-0.2, -0.15) is 0 Å². The van der Waals surface area contributed by atoms with Crippen LogP contribution in [0.2, 0.25) is 0 Å². The Bertz CT molecular complexity index is 522. The quantitative estimate of drug-likeness (QED) is 0.675. The van der Waals surface area contributed by atoms with Gasteiger partial charge in [-0.1, -0.05) is 36.3 Å². The predicted octanol–water partition coefficient (Wildman–Crippen LogP) is 1.35. The van der Waals surface area contributed by atoms with E-state index in [1.54, 1.807) is 13.8 Å². The molecule has 0 saturated carbocycles. The van der Waals surface area contributed by atoms with Crippen LogP contribution in [0.3, 0.4) is 0 Å². The summed E-state index contributed by atoms with van der Waals surface area (Å²) in [7, 11) is 4.55. The lowest BCUT2D eigenvalue weighted by Crippen LogP contribution is -2.49. The highest BCUT2D eigenvalue weighted by Crippen LogP contribution is 2.24. The molecule has 1 aromatic rings. The Morgan fingerprint density at radius 2 is 1.96 bits per heavy atom. The number of hydrogen-bond acceptors (Lipinski definition) is 4. The Morgan fingerprint density at radius 1 is 1.30 bits per heavy atom. The summed E-state index contributed by atoms with van der Waals surface area (Å²) in [4.78, 5) is 2.13. The number of aliphatic hydroxyl groups is 1. The zero-order chi connectivity index (χ0) is 17.7. The summed E-state index contributed by atoms with van der Waals surface area (Å²) in [5.74, 6) is 0. The largest absolute Gasteiger partial charge is 0.427 e. The summed E-state index contributed by atoms with van der Waals surface area (Å²) in [5.41, 5.74) is 1.52. The fourth-order valence-corrected chi connectivity index (χ4v) is 1.82. The van der Waals surface area contributed by atoms with E-state index in [-0.39, 0.29) is 0 Å². The van der Waals surface area contributed by atoms with Crippen LogP contribution in [0.15, 0.2) is 30.8 Å². The number of nitrogens with one attached hydrogen (secondary N) is 1. The molecule has 0 atom stereocenters. The van der Waals surface area contributed by atoms with Crippen LogP contribution in [-0.2, 0) is 4.65 Å². The number of hydrogen-bond donors (Lipinski definition) is 2. The minimum Gasteiger partial charge on any atom is -0.427 e. The van der Waals surface area contributed by atoms with Crippen LogP contribution in [0.1, 0.15) is 33.3 Å². The van der Waals surface area contributed by atoms with Crippen LogP contribution < -0.4 is 10.8 Å². The van der Waals surface area contributed by atoms with Gasteiger partial charge in [-0.15, -0.1) is 0 Å². The van der Waals surface area contributed by atoms with Gasteiger partial charge >= 0.3 is 7.48 Å². The van der Waals surface area contributed by atoms with Crippen LogP contribution in [-0.4, -0.2) is 55.9 Å². The van der Waals surface area contributed by atoms with Crippen molar-refractivity contribution in [2.45, 2.75) is 38.9 Å². The Kier molecular flexibility index (Phi) is 6.87. The van der Waals surface area contributed by atoms with Gasteiger partial charge in [-0.25, -0.2) is 0 Å². The molecule has 0 heterocycles. The van der Waals surface area contributed by atoms with E-state index < -0.39 is 11.2 Å². The first-order valence-electron chi connectivity index (χ1n) is 8.06. The van der Waals surface area contributed by atoms with Gasteiger partial charge in [0.05, 0.1) is 11.2 Å². The monoisotopic (exact) mass is 318 g/mol. The molecule has 0 fully saturated rings. The fourth-order valence-electron chi connectivity index (χ4n) is 1.82. The summed E-state index contributed by atoms with van der Waals surface area (Å²) in [5, 5.41) is 13.5. The number of nitrogens with zero attached hydrogens (tertiary/aromatic N) is 1. The smallest absolute Gasteiger partial charge is 0.309 e. The molecule has 0 radical (unpaired) electrons. The molecule has 0 aliphatic carbocycles. The van der Waals surface area contributed by atoms with Crippen LogP contribution in [0.4, 0.5) is 0 Å². The molecule has 0 bridgehead atoms. The van der Waals surface area contributed by atoms with Crippen molar-refractivity contribution in [1.82, 2.24) is 10.2 Å². The lowest BCUT2D eigenvalue weighted by molar-refractivity contribution is -0.0893. The molecule has 0 aliphatic heterocycles. The van der Waals surface area contributed by atoms with Crippen LogP contribution in [0, 0.1) is 0 Å². The van der Waals surface area contributed by atoms with E-state index in [1.165, 1.54) is 0 Å². The van der Waals surface area contributed by atoms with E-state index in [0.717, 1.165) is 29.8 Å². The highest BCUT2D eigenvalue weighted by molar-refractivity contribution is 6.47. The van der Waals surface area contributed by atoms with E-state index in [1.807, 2.05) is 46.1 Å². The van der Waals surface area contributed by atoms with Crippen molar-refractivity contribution >= 4 is 18.6 Å². The average molecular weight is 318 g/mol. The topological polar surface area (TPSA) is 44.7 Å². The second-order valence-corrected chi connectivity index (χ2v) is 7.27. The third-order valence-corrected chi connectivity index (χ3v) is 4.25. The molecule has 1 rings (SSSR count). The molecule has 0 saturated heterocycles. The first-order valence-corrected chi connectivity index (χ1v) is 8.06. The number of benzene rings is 1. The SMILES string of the molecule is C=C(NCCN(C)C)c1cccc(BOC(C)(C)C(C)(C)O)c1. The van der Waals surface area contributed by atoms with Crippen LogP contribution in [0.25, 0.3) is 5.70 Å². The molecule has 5 heteroatoms. The molecule has 0 aliphatic rings. The molecular weight excluding hydrogens is 287 g/mol. The van der Waals surface area contributed by atoms with Gasteiger partial charge in [0.15, 0.2) is 0 Å².